The number of nitrogens with zero attached hydrogens (tertiary/aromatic N) is 4. The number of hydrogen-bond donors (Lipinski definition) is 2. The highest BCUT2D eigenvalue weighted by molar-refractivity contribution is 6.30. The van der Waals surface area contributed by atoms with Crippen LogP contribution in [0, 0.1) is 12.7 Å². The fourth-order valence-corrected chi connectivity index (χ4v) is 4.49. The average Bonchev–Trinajstić information content (AvgIpc) is 2.90. The summed E-state index contributed by atoms with van der Waals surface area (Å²) in [6.45, 7) is 7.83. The largest absolute Gasteiger partial charge is 0.363 e. The lowest BCUT2D eigenvalue weighted by atomic mass is 10.0. The summed E-state index contributed by atoms with van der Waals surface area (Å²) in [5.74, 6) is 1.82. The van der Waals surface area contributed by atoms with Crippen LogP contribution in [-0.2, 0) is 0 Å². The van der Waals surface area contributed by atoms with Gasteiger partial charge in [-0.1, -0.05) is 35.9 Å². The molecule has 0 amide bonds. The Hall–Kier alpha value is -3.55. The minimum absolute atomic E-state index is 0.0119. The molecule has 1 atom stereocenters. The molecule has 1 fully saturated rings. The average molecular weight is 503 g/mol. The molecule has 0 bridgehead atoms. The molecule has 36 heavy (non-hydrogen) atoms. The molecule has 3 heterocycles. The van der Waals surface area contributed by atoms with E-state index in [-0.39, 0.29) is 11.1 Å². The first kappa shape index (κ1) is 24.2. The lowest BCUT2D eigenvalue weighted by Crippen LogP contribution is -2.43. The van der Waals surface area contributed by atoms with Crippen LogP contribution in [0.25, 0.3) is 22.4 Å². The fourth-order valence-electron chi connectivity index (χ4n) is 4.38. The summed E-state index contributed by atoms with van der Waals surface area (Å²) in [5, 5.41) is 6.93. The first-order chi connectivity index (χ1) is 17.5. The second kappa shape index (κ2) is 10.6. The van der Waals surface area contributed by atoms with E-state index in [1.165, 1.54) is 12.1 Å². The Morgan fingerprint density at radius 2 is 1.78 bits per heavy atom. The van der Waals surface area contributed by atoms with Gasteiger partial charge in [-0.05, 0) is 55.3 Å². The Morgan fingerprint density at radius 1 is 0.972 bits per heavy atom. The lowest BCUT2D eigenvalue weighted by Gasteiger charge is -2.28. The highest BCUT2D eigenvalue weighted by atomic mass is 35.5. The van der Waals surface area contributed by atoms with Crippen molar-refractivity contribution in [1.82, 2.24) is 20.3 Å². The van der Waals surface area contributed by atoms with E-state index in [1.807, 2.05) is 19.2 Å². The smallest absolute Gasteiger partial charge is 0.142 e. The number of aryl methyl sites for hydroxylation is 1. The van der Waals surface area contributed by atoms with Crippen LogP contribution in [0.2, 0.25) is 5.02 Å². The van der Waals surface area contributed by atoms with Crippen molar-refractivity contribution in [3.8, 4) is 22.4 Å². The zero-order valence-corrected chi connectivity index (χ0v) is 21.1. The monoisotopic (exact) mass is 502 g/mol. The number of anilines is 2. The molecule has 2 N–H and O–H groups in total. The Kier molecular flexibility index (Phi) is 7.11. The van der Waals surface area contributed by atoms with Gasteiger partial charge in [-0.25, -0.2) is 19.3 Å². The Balaban J connectivity index is 1.33. The summed E-state index contributed by atoms with van der Waals surface area (Å²) in [7, 11) is 0. The van der Waals surface area contributed by atoms with Gasteiger partial charge in [-0.3, -0.25) is 0 Å². The predicted molar refractivity (Wildman–Crippen MR) is 144 cm³/mol. The summed E-state index contributed by atoms with van der Waals surface area (Å²) >= 11 is 5.84. The molecule has 0 unspecified atom stereocenters. The van der Waals surface area contributed by atoms with Crippen LogP contribution in [0.4, 0.5) is 16.0 Å². The van der Waals surface area contributed by atoms with E-state index in [2.05, 4.69) is 68.8 Å². The van der Waals surface area contributed by atoms with E-state index >= 15 is 0 Å². The Labute approximate surface area is 215 Å². The lowest BCUT2D eigenvalue weighted by molar-refractivity contribution is 0.585. The van der Waals surface area contributed by atoms with Gasteiger partial charge in [0, 0.05) is 55.6 Å². The minimum atomic E-state index is -0.472. The van der Waals surface area contributed by atoms with Gasteiger partial charge in [-0.15, -0.1) is 0 Å². The third-order valence-electron chi connectivity index (χ3n) is 6.33. The third-order valence-corrected chi connectivity index (χ3v) is 6.63. The highest BCUT2D eigenvalue weighted by Crippen LogP contribution is 2.28. The molecule has 1 saturated heterocycles. The van der Waals surface area contributed by atoms with Crippen LogP contribution in [-0.4, -0.2) is 41.1 Å². The van der Waals surface area contributed by atoms with Crippen LogP contribution in [0.1, 0.15) is 24.4 Å². The summed E-state index contributed by atoms with van der Waals surface area (Å²) in [6.07, 6.45) is 1.94. The van der Waals surface area contributed by atoms with E-state index in [0.717, 1.165) is 48.7 Å². The van der Waals surface area contributed by atoms with Crippen molar-refractivity contribution < 1.29 is 4.39 Å². The number of piperazine rings is 1. The number of rotatable bonds is 6. The molecule has 0 aliphatic carbocycles. The molecule has 1 aliphatic heterocycles. The van der Waals surface area contributed by atoms with E-state index in [9.17, 15) is 4.39 Å². The number of benzene rings is 2. The first-order valence-corrected chi connectivity index (χ1v) is 12.4. The molecule has 4 aromatic rings. The molecule has 2 aromatic heterocycles. The molecule has 2 aromatic carbocycles. The minimum Gasteiger partial charge on any atom is -0.363 e. The van der Waals surface area contributed by atoms with Crippen molar-refractivity contribution in [2.24, 2.45) is 0 Å². The molecular weight excluding hydrogens is 475 g/mol. The van der Waals surface area contributed by atoms with Gasteiger partial charge in [0.1, 0.15) is 23.3 Å². The number of hydrogen-bond acceptors (Lipinski definition) is 6. The quantitative estimate of drug-likeness (QED) is 0.343. The number of pyridine rings is 1. The Morgan fingerprint density at radius 3 is 2.53 bits per heavy atom. The van der Waals surface area contributed by atoms with Crippen LogP contribution in [0.3, 0.4) is 0 Å². The zero-order valence-electron chi connectivity index (χ0n) is 20.3. The van der Waals surface area contributed by atoms with Gasteiger partial charge >= 0.3 is 0 Å². The van der Waals surface area contributed by atoms with Crippen LogP contribution in [0.5, 0.6) is 0 Å². The standard InChI is InChI=1S/C28H28ClFN6/c1-18(33-27-16-26(34-19(2)35-27)22-6-8-24(29)25(30)15-22)20-4-3-5-21(14-20)23-7-9-28(32-17-23)36-12-10-31-11-13-36/h3-9,14-18,31H,10-13H2,1-2H3,(H,33,34,35)/t18-/m0/s1. The van der Waals surface area contributed by atoms with Crippen molar-refractivity contribution in [3.05, 3.63) is 89.1 Å². The summed E-state index contributed by atoms with van der Waals surface area (Å²) in [4.78, 5) is 16.0. The molecule has 5 rings (SSSR count). The number of nitrogens with one attached hydrogen (secondary N) is 2. The number of halogens is 2. The van der Waals surface area contributed by atoms with Gasteiger partial charge in [0.15, 0.2) is 0 Å². The molecule has 184 valence electrons. The molecule has 6 nitrogen and oxygen atoms in total. The molecule has 0 spiro atoms. The predicted octanol–water partition coefficient (Wildman–Crippen LogP) is 5.89. The Bertz CT molecular complexity index is 1350. The van der Waals surface area contributed by atoms with E-state index < -0.39 is 5.82 Å². The van der Waals surface area contributed by atoms with E-state index in [1.54, 1.807) is 6.07 Å². The van der Waals surface area contributed by atoms with Crippen molar-refractivity contribution in [2.45, 2.75) is 19.9 Å². The molecule has 8 heteroatoms. The summed E-state index contributed by atoms with van der Waals surface area (Å²) in [5.41, 5.74) is 4.59. The second-order valence-corrected chi connectivity index (χ2v) is 9.36. The molecule has 0 radical (unpaired) electrons. The van der Waals surface area contributed by atoms with Crippen LogP contribution >= 0.6 is 11.6 Å². The van der Waals surface area contributed by atoms with Crippen molar-refractivity contribution in [2.75, 3.05) is 36.4 Å². The van der Waals surface area contributed by atoms with Crippen LogP contribution in [0.15, 0.2) is 66.9 Å². The maximum atomic E-state index is 14.0. The third kappa shape index (κ3) is 5.48. The topological polar surface area (TPSA) is 66.0 Å². The second-order valence-electron chi connectivity index (χ2n) is 8.95. The maximum Gasteiger partial charge on any atom is 0.142 e. The van der Waals surface area contributed by atoms with Gasteiger partial charge in [-0.2, -0.15) is 0 Å². The van der Waals surface area contributed by atoms with Crippen molar-refractivity contribution in [3.63, 3.8) is 0 Å². The maximum absolute atomic E-state index is 14.0. The number of aromatic nitrogens is 3. The SMILES string of the molecule is Cc1nc(N[C@@H](C)c2cccc(-c3ccc(N4CCNCC4)nc3)c2)cc(-c2ccc(Cl)c(F)c2)n1. The molecule has 0 saturated carbocycles. The van der Waals surface area contributed by atoms with Crippen molar-refractivity contribution >= 4 is 23.2 Å². The first-order valence-electron chi connectivity index (χ1n) is 12.1. The van der Waals surface area contributed by atoms with E-state index in [4.69, 9.17) is 16.6 Å². The molecule has 1 aliphatic rings. The summed E-state index contributed by atoms with van der Waals surface area (Å²) in [6, 6.07) is 19.1. The van der Waals surface area contributed by atoms with Gasteiger partial charge in [0.25, 0.3) is 0 Å². The van der Waals surface area contributed by atoms with Gasteiger partial charge in [0.2, 0.25) is 0 Å². The fraction of sp³-hybridized carbons (Fsp3) is 0.250. The molecular formula is C28H28ClFN6. The van der Waals surface area contributed by atoms with E-state index in [0.29, 0.717) is 22.9 Å². The summed E-state index contributed by atoms with van der Waals surface area (Å²) < 4.78 is 14.0. The zero-order chi connectivity index (χ0) is 25.1. The van der Waals surface area contributed by atoms with Crippen molar-refractivity contribution in [1.29, 1.82) is 0 Å². The normalized spacial score (nSPS) is 14.5. The van der Waals surface area contributed by atoms with Gasteiger partial charge in [0.05, 0.1) is 10.7 Å². The van der Waals surface area contributed by atoms with Crippen LogP contribution < -0.4 is 15.5 Å². The highest BCUT2D eigenvalue weighted by Gasteiger charge is 2.13. The van der Waals surface area contributed by atoms with Gasteiger partial charge < -0.3 is 15.5 Å².